The first kappa shape index (κ1) is 17.0. The first-order valence-corrected chi connectivity index (χ1v) is 9.73. The molecule has 2 aromatic rings. The van der Waals surface area contributed by atoms with Crippen LogP contribution in [0.25, 0.3) is 0 Å². The van der Waals surface area contributed by atoms with E-state index >= 15 is 0 Å². The number of nitrogens with one attached hydrogen (secondary N) is 1. The molecule has 1 aromatic carbocycles. The van der Waals surface area contributed by atoms with Gasteiger partial charge in [-0.1, -0.05) is 56.5 Å². The number of hydrogen-bond donors (Lipinski definition) is 1. The molecule has 0 saturated carbocycles. The van der Waals surface area contributed by atoms with Crippen LogP contribution < -0.4 is 5.32 Å². The van der Waals surface area contributed by atoms with Crippen LogP contribution in [0.2, 0.25) is 4.34 Å². The molecule has 6 heteroatoms. The fourth-order valence-electron chi connectivity index (χ4n) is 1.89. The van der Waals surface area contributed by atoms with Gasteiger partial charge in [0, 0.05) is 18.3 Å². The Balaban J connectivity index is 2.41. The molecule has 1 unspecified atom stereocenters. The number of thiophene rings is 1. The summed E-state index contributed by atoms with van der Waals surface area (Å²) in [7, 11) is 0. The number of hydrogen-bond acceptors (Lipinski definition) is 2. The van der Waals surface area contributed by atoms with Crippen LogP contribution in [-0.2, 0) is 0 Å². The van der Waals surface area contributed by atoms with Crippen molar-refractivity contribution in [1.29, 1.82) is 0 Å². The molecule has 0 saturated heterocycles. The molecule has 0 radical (unpaired) electrons. The van der Waals surface area contributed by atoms with E-state index in [4.69, 9.17) is 11.6 Å². The molecule has 1 atom stereocenters. The lowest BCUT2D eigenvalue weighted by Gasteiger charge is -2.19. The quantitative estimate of drug-likeness (QED) is 0.476. The van der Waals surface area contributed by atoms with Crippen molar-refractivity contribution >= 4 is 70.7 Å². The van der Waals surface area contributed by atoms with Crippen LogP contribution in [0.3, 0.4) is 0 Å². The largest absolute Gasteiger partial charge is 0.306 e. The zero-order valence-electron chi connectivity index (χ0n) is 10.7. The molecule has 0 bridgehead atoms. The third-order valence-electron chi connectivity index (χ3n) is 2.82. The molecule has 0 aliphatic carbocycles. The van der Waals surface area contributed by atoms with Crippen molar-refractivity contribution in [3.63, 3.8) is 0 Å². The molecule has 1 aromatic heterocycles. The summed E-state index contributed by atoms with van der Waals surface area (Å²) in [5.74, 6) is 0. The highest BCUT2D eigenvalue weighted by atomic mass is 79.9. The smallest absolute Gasteiger partial charge is 0.107 e. The normalized spacial score (nSPS) is 12.7. The molecule has 2 rings (SSSR count). The highest BCUT2D eigenvalue weighted by Crippen LogP contribution is 2.39. The van der Waals surface area contributed by atoms with Gasteiger partial charge in [0.05, 0.1) is 6.04 Å². The van der Waals surface area contributed by atoms with Gasteiger partial charge in [0.25, 0.3) is 0 Å². The number of rotatable bonds is 5. The minimum Gasteiger partial charge on any atom is -0.306 e. The highest BCUT2D eigenvalue weighted by Gasteiger charge is 2.19. The SMILES string of the molecule is CCCNC(c1cc(Br)c(Cl)s1)c1ccc(Br)cc1Br. The fourth-order valence-corrected chi connectivity index (χ4v) is 5.00. The molecular formula is C14H13Br3ClNS. The van der Waals surface area contributed by atoms with Crippen molar-refractivity contribution in [3.05, 3.63) is 52.5 Å². The average molecular weight is 502 g/mol. The molecular weight excluding hydrogens is 489 g/mol. The maximum absolute atomic E-state index is 6.18. The Bertz CT molecular complexity index is 581. The van der Waals surface area contributed by atoms with Crippen molar-refractivity contribution in [2.75, 3.05) is 6.54 Å². The Morgan fingerprint density at radius 2 is 1.95 bits per heavy atom. The van der Waals surface area contributed by atoms with Crippen molar-refractivity contribution in [3.8, 4) is 0 Å². The van der Waals surface area contributed by atoms with E-state index in [1.807, 2.05) is 0 Å². The molecule has 0 aliphatic rings. The van der Waals surface area contributed by atoms with E-state index in [2.05, 4.69) is 84.3 Å². The Morgan fingerprint density at radius 1 is 1.20 bits per heavy atom. The van der Waals surface area contributed by atoms with Gasteiger partial charge in [-0.05, 0) is 52.7 Å². The molecule has 1 heterocycles. The van der Waals surface area contributed by atoms with Crippen LogP contribution in [0.1, 0.15) is 29.8 Å². The van der Waals surface area contributed by atoms with Crippen LogP contribution >= 0.6 is 70.7 Å². The fraction of sp³-hybridized carbons (Fsp3) is 0.286. The Morgan fingerprint density at radius 3 is 2.50 bits per heavy atom. The zero-order chi connectivity index (χ0) is 14.7. The first-order valence-electron chi connectivity index (χ1n) is 6.16. The second-order valence-corrected chi connectivity index (χ2v) is 8.63. The van der Waals surface area contributed by atoms with Gasteiger partial charge in [0.1, 0.15) is 4.34 Å². The standard InChI is InChI=1S/C14H13Br3ClNS/c1-2-5-19-13(12-7-11(17)14(18)20-12)9-4-3-8(15)6-10(9)16/h3-4,6-7,13,19H,2,5H2,1H3. The summed E-state index contributed by atoms with van der Waals surface area (Å²) >= 11 is 18.4. The van der Waals surface area contributed by atoms with Gasteiger partial charge in [-0.25, -0.2) is 0 Å². The van der Waals surface area contributed by atoms with Crippen LogP contribution in [0, 0.1) is 0 Å². The van der Waals surface area contributed by atoms with E-state index in [1.54, 1.807) is 11.3 Å². The summed E-state index contributed by atoms with van der Waals surface area (Å²) in [6, 6.07) is 8.49. The lowest BCUT2D eigenvalue weighted by atomic mass is 10.1. The lowest BCUT2D eigenvalue weighted by molar-refractivity contribution is 0.604. The Hall–Kier alpha value is 0.610. The topological polar surface area (TPSA) is 12.0 Å². The molecule has 0 fully saturated rings. The lowest BCUT2D eigenvalue weighted by Crippen LogP contribution is -2.22. The van der Waals surface area contributed by atoms with Gasteiger partial charge in [-0.2, -0.15) is 0 Å². The summed E-state index contributed by atoms with van der Waals surface area (Å²) < 4.78 is 3.89. The molecule has 1 nitrogen and oxygen atoms in total. The maximum Gasteiger partial charge on any atom is 0.107 e. The van der Waals surface area contributed by atoms with E-state index < -0.39 is 0 Å². The molecule has 1 N–H and O–H groups in total. The summed E-state index contributed by atoms with van der Waals surface area (Å²) in [4.78, 5) is 1.21. The van der Waals surface area contributed by atoms with E-state index in [0.717, 1.165) is 30.7 Å². The summed E-state index contributed by atoms with van der Waals surface area (Å²) in [5.41, 5.74) is 1.21. The van der Waals surface area contributed by atoms with E-state index in [9.17, 15) is 0 Å². The summed E-state index contributed by atoms with van der Waals surface area (Å²) in [5, 5.41) is 3.59. The predicted octanol–water partition coefficient (Wildman–Crippen LogP) is 6.78. The minimum atomic E-state index is 0.145. The summed E-state index contributed by atoms with van der Waals surface area (Å²) in [6.07, 6.45) is 1.09. The average Bonchev–Trinajstić information content (AvgIpc) is 2.72. The van der Waals surface area contributed by atoms with E-state index in [0.29, 0.717) is 0 Å². The van der Waals surface area contributed by atoms with Gasteiger partial charge < -0.3 is 5.32 Å². The third-order valence-corrected chi connectivity index (χ3v) is 6.54. The second-order valence-electron chi connectivity index (χ2n) is 4.32. The van der Waals surface area contributed by atoms with Crippen molar-refractivity contribution in [2.24, 2.45) is 0 Å². The Kier molecular flexibility index (Phi) is 6.57. The van der Waals surface area contributed by atoms with E-state index in [-0.39, 0.29) is 6.04 Å². The zero-order valence-corrected chi connectivity index (χ0v) is 17.1. The number of halogens is 4. The molecule has 0 spiro atoms. The van der Waals surface area contributed by atoms with Crippen LogP contribution in [0.15, 0.2) is 37.7 Å². The van der Waals surface area contributed by atoms with Crippen LogP contribution in [0.5, 0.6) is 0 Å². The molecule has 20 heavy (non-hydrogen) atoms. The first-order chi connectivity index (χ1) is 9.52. The highest BCUT2D eigenvalue weighted by molar-refractivity contribution is 9.11. The maximum atomic E-state index is 6.18. The van der Waals surface area contributed by atoms with Gasteiger partial charge in [-0.3, -0.25) is 0 Å². The predicted molar refractivity (Wildman–Crippen MR) is 99.0 cm³/mol. The minimum absolute atomic E-state index is 0.145. The Labute approximate surface area is 153 Å². The monoisotopic (exact) mass is 499 g/mol. The molecule has 108 valence electrons. The summed E-state index contributed by atoms with van der Waals surface area (Å²) in [6.45, 7) is 3.12. The second kappa shape index (κ2) is 7.75. The third kappa shape index (κ3) is 4.08. The van der Waals surface area contributed by atoms with Gasteiger partial charge in [0.15, 0.2) is 0 Å². The van der Waals surface area contributed by atoms with Gasteiger partial charge >= 0.3 is 0 Å². The number of benzene rings is 1. The van der Waals surface area contributed by atoms with Crippen molar-refractivity contribution < 1.29 is 0 Å². The van der Waals surface area contributed by atoms with Crippen LogP contribution in [0.4, 0.5) is 0 Å². The molecule has 0 aliphatic heterocycles. The van der Waals surface area contributed by atoms with E-state index in [1.165, 1.54) is 10.4 Å². The van der Waals surface area contributed by atoms with Crippen LogP contribution in [-0.4, -0.2) is 6.54 Å². The van der Waals surface area contributed by atoms with Gasteiger partial charge in [-0.15, -0.1) is 11.3 Å². The molecule has 0 amide bonds. The van der Waals surface area contributed by atoms with Crippen molar-refractivity contribution in [1.82, 2.24) is 5.32 Å². The van der Waals surface area contributed by atoms with Gasteiger partial charge in [0.2, 0.25) is 0 Å². The van der Waals surface area contributed by atoms with Crippen molar-refractivity contribution in [2.45, 2.75) is 19.4 Å².